The van der Waals surface area contributed by atoms with Crippen LogP contribution in [0.25, 0.3) is 11.1 Å². The lowest BCUT2D eigenvalue weighted by molar-refractivity contribution is -0.0500. The first-order valence-corrected chi connectivity index (χ1v) is 15.0. The van der Waals surface area contributed by atoms with Crippen LogP contribution in [0.15, 0.2) is 66.7 Å². The van der Waals surface area contributed by atoms with Crippen LogP contribution in [0.5, 0.6) is 11.5 Å². The Morgan fingerprint density at radius 3 is 2.27 bits per heavy atom. The molecule has 0 fully saturated rings. The fraction of sp³-hybridized carbons (Fsp3) is 0.355. The highest BCUT2D eigenvalue weighted by Gasteiger charge is 2.49. The molecule has 1 aliphatic rings. The van der Waals surface area contributed by atoms with Gasteiger partial charge in [-0.25, -0.2) is 9.59 Å². The van der Waals surface area contributed by atoms with Gasteiger partial charge in [0.15, 0.2) is 5.75 Å². The van der Waals surface area contributed by atoms with Gasteiger partial charge < -0.3 is 23.3 Å². The number of esters is 1. The molecule has 1 amide bonds. The van der Waals surface area contributed by atoms with E-state index < -0.39 is 44.6 Å². The van der Waals surface area contributed by atoms with Crippen molar-refractivity contribution in [2.45, 2.75) is 57.4 Å². The number of benzene rings is 3. The summed E-state index contributed by atoms with van der Waals surface area (Å²) in [6.07, 6.45) is 0.320. The van der Waals surface area contributed by atoms with Crippen LogP contribution in [0.1, 0.15) is 48.7 Å². The minimum atomic E-state index is -6.05. The third-order valence-electron chi connectivity index (χ3n) is 6.58. The molecular weight excluding hydrogens is 603 g/mol. The molecule has 9 nitrogen and oxygen atoms in total. The summed E-state index contributed by atoms with van der Waals surface area (Å²) in [6.45, 7) is 5.99. The maximum absolute atomic E-state index is 13.0. The lowest BCUT2D eigenvalue weighted by Gasteiger charge is -2.33. The number of alkyl halides is 3. The highest BCUT2D eigenvalue weighted by Crippen LogP contribution is 2.36. The number of nitrogens with zero attached hydrogens (tertiary/aromatic N) is 1. The zero-order valence-corrected chi connectivity index (χ0v) is 25.3. The molecule has 0 spiro atoms. The van der Waals surface area contributed by atoms with Gasteiger partial charge in [0.05, 0.1) is 13.7 Å². The van der Waals surface area contributed by atoms with Gasteiger partial charge in [-0.05, 0) is 80.1 Å². The van der Waals surface area contributed by atoms with Crippen LogP contribution >= 0.6 is 0 Å². The van der Waals surface area contributed by atoms with Gasteiger partial charge in [0, 0.05) is 6.54 Å². The molecule has 236 valence electrons. The van der Waals surface area contributed by atoms with E-state index >= 15 is 0 Å². The molecule has 0 aliphatic carbocycles. The normalized spacial score (nSPS) is 15.0. The molecule has 0 aromatic heterocycles. The molecule has 44 heavy (non-hydrogen) atoms. The van der Waals surface area contributed by atoms with E-state index in [9.17, 15) is 31.2 Å². The van der Waals surface area contributed by atoms with E-state index in [1.54, 1.807) is 43.9 Å². The van der Waals surface area contributed by atoms with Gasteiger partial charge in [-0.15, -0.1) is 0 Å². The molecule has 1 atom stereocenters. The number of halogens is 3. The molecular formula is C31H32F3NO8S. The van der Waals surface area contributed by atoms with E-state index in [-0.39, 0.29) is 12.6 Å². The zero-order valence-electron chi connectivity index (χ0n) is 24.5. The molecule has 1 heterocycles. The quantitative estimate of drug-likeness (QED) is 0.157. The summed E-state index contributed by atoms with van der Waals surface area (Å²) in [5.41, 5.74) is -4.31. The van der Waals surface area contributed by atoms with Gasteiger partial charge in [-0.2, -0.15) is 21.6 Å². The Kier molecular flexibility index (Phi) is 9.47. The van der Waals surface area contributed by atoms with Gasteiger partial charge in [-0.3, -0.25) is 0 Å². The lowest BCUT2D eigenvalue weighted by Crippen LogP contribution is -2.43. The Hall–Kier alpha value is -4.26. The number of fused-ring (bicyclic) bond motifs is 1. The molecule has 3 aromatic rings. The third-order valence-corrected chi connectivity index (χ3v) is 7.55. The number of methoxy groups -OCH3 is 1. The average molecular weight is 636 g/mol. The SMILES string of the molecule is COC(=O)c1ccc(-c2ccc3c(c2)CCC(CN(Cc2ccccc2)C(=O)OC(C)(C)C)O3)cc1OS(=O)(=O)C(F)(F)F. The van der Waals surface area contributed by atoms with Crippen molar-refractivity contribution in [3.63, 3.8) is 0 Å². The zero-order chi connectivity index (χ0) is 32.3. The van der Waals surface area contributed by atoms with Crippen molar-refractivity contribution >= 4 is 22.2 Å². The number of ether oxygens (including phenoxy) is 3. The highest BCUT2D eigenvalue weighted by atomic mass is 32.2. The molecule has 0 bridgehead atoms. The Morgan fingerprint density at radius 2 is 1.64 bits per heavy atom. The molecule has 3 aromatic carbocycles. The second-order valence-electron chi connectivity index (χ2n) is 11.1. The molecule has 1 unspecified atom stereocenters. The summed E-state index contributed by atoms with van der Waals surface area (Å²) in [4.78, 5) is 26.8. The number of rotatable bonds is 8. The van der Waals surface area contributed by atoms with E-state index in [1.807, 2.05) is 30.3 Å². The Morgan fingerprint density at radius 1 is 0.977 bits per heavy atom. The van der Waals surface area contributed by atoms with Crippen molar-refractivity contribution in [1.82, 2.24) is 4.90 Å². The van der Waals surface area contributed by atoms with Crippen molar-refractivity contribution in [3.05, 3.63) is 83.4 Å². The van der Waals surface area contributed by atoms with E-state index in [0.717, 1.165) is 30.4 Å². The van der Waals surface area contributed by atoms with Crippen LogP contribution in [0.2, 0.25) is 0 Å². The molecule has 0 saturated carbocycles. The molecule has 0 saturated heterocycles. The van der Waals surface area contributed by atoms with Crippen molar-refractivity contribution in [2.24, 2.45) is 0 Å². The lowest BCUT2D eigenvalue weighted by atomic mass is 9.96. The first-order valence-electron chi connectivity index (χ1n) is 13.6. The van der Waals surface area contributed by atoms with Gasteiger partial charge in [-0.1, -0.05) is 42.5 Å². The number of amides is 1. The predicted octanol–water partition coefficient (Wildman–Crippen LogP) is 6.50. The summed E-state index contributed by atoms with van der Waals surface area (Å²) in [5.74, 6) is -1.32. The minimum absolute atomic E-state index is 0.272. The van der Waals surface area contributed by atoms with Crippen molar-refractivity contribution in [3.8, 4) is 22.6 Å². The summed E-state index contributed by atoms with van der Waals surface area (Å²) in [5, 5.41) is 0. The summed E-state index contributed by atoms with van der Waals surface area (Å²) < 4.78 is 83.2. The van der Waals surface area contributed by atoms with E-state index in [4.69, 9.17) is 9.47 Å². The maximum atomic E-state index is 13.0. The molecule has 1 aliphatic heterocycles. The van der Waals surface area contributed by atoms with Crippen molar-refractivity contribution in [1.29, 1.82) is 0 Å². The Balaban J connectivity index is 1.56. The van der Waals surface area contributed by atoms with Crippen LogP contribution in [0.3, 0.4) is 0 Å². The van der Waals surface area contributed by atoms with Gasteiger partial charge in [0.1, 0.15) is 23.0 Å². The number of carbonyl (C=O) groups excluding carboxylic acids is 2. The van der Waals surface area contributed by atoms with Crippen molar-refractivity contribution < 1.29 is 49.6 Å². The predicted molar refractivity (Wildman–Crippen MR) is 155 cm³/mol. The summed E-state index contributed by atoms with van der Waals surface area (Å²) in [7, 11) is -5.04. The highest BCUT2D eigenvalue weighted by molar-refractivity contribution is 7.88. The first kappa shape index (κ1) is 32.6. The number of carbonyl (C=O) groups is 2. The van der Waals surface area contributed by atoms with Gasteiger partial charge in [0.25, 0.3) is 0 Å². The van der Waals surface area contributed by atoms with E-state index in [0.29, 0.717) is 36.3 Å². The molecule has 0 radical (unpaired) electrons. The van der Waals surface area contributed by atoms with Crippen LogP contribution in [-0.2, 0) is 32.6 Å². The van der Waals surface area contributed by atoms with E-state index in [2.05, 4.69) is 8.92 Å². The largest absolute Gasteiger partial charge is 0.534 e. The second-order valence-corrected chi connectivity index (χ2v) is 12.7. The molecule has 13 heteroatoms. The molecule has 0 N–H and O–H groups in total. The topological polar surface area (TPSA) is 108 Å². The minimum Gasteiger partial charge on any atom is -0.488 e. The van der Waals surface area contributed by atoms with E-state index in [1.165, 1.54) is 6.07 Å². The monoisotopic (exact) mass is 635 g/mol. The third kappa shape index (κ3) is 8.01. The van der Waals surface area contributed by atoms with Crippen LogP contribution in [0.4, 0.5) is 18.0 Å². The standard InChI is InChI=1S/C31H32F3NO8S/c1-30(2,3)42-29(37)35(18-20-8-6-5-7-9-20)19-24-13-10-23-16-21(12-15-26(23)41-24)22-11-14-25(28(36)40-4)27(17-22)43-44(38,39)31(32,33)34/h5-9,11-12,14-17,24H,10,13,18-19H2,1-4H3. The number of hydrogen-bond acceptors (Lipinski definition) is 8. The fourth-order valence-electron chi connectivity index (χ4n) is 4.55. The van der Waals surface area contributed by atoms with Crippen LogP contribution in [-0.4, -0.2) is 56.2 Å². The number of aryl methyl sites for hydroxylation is 1. The van der Waals surface area contributed by atoms with Crippen LogP contribution in [0, 0.1) is 0 Å². The van der Waals surface area contributed by atoms with Gasteiger partial charge >= 0.3 is 27.7 Å². The fourth-order valence-corrected chi connectivity index (χ4v) is 5.02. The Labute approximate surface area is 253 Å². The Bertz CT molecular complexity index is 1620. The average Bonchev–Trinajstić information content (AvgIpc) is 2.95. The maximum Gasteiger partial charge on any atom is 0.534 e. The van der Waals surface area contributed by atoms with Crippen LogP contribution < -0.4 is 8.92 Å². The smallest absolute Gasteiger partial charge is 0.488 e. The summed E-state index contributed by atoms with van der Waals surface area (Å²) >= 11 is 0. The van der Waals surface area contributed by atoms with Gasteiger partial charge in [0.2, 0.25) is 0 Å². The van der Waals surface area contributed by atoms with Crippen molar-refractivity contribution in [2.75, 3.05) is 13.7 Å². The molecule has 4 rings (SSSR count). The number of hydrogen-bond donors (Lipinski definition) is 0. The first-order chi connectivity index (χ1) is 20.6. The summed E-state index contributed by atoms with van der Waals surface area (Å²) in [6, 6.07) is 18.2. The second kappa shape index (κ2) is 12.8.